The van der Waals surface area contributed by atoms with Gasteiger partial charge >= 0.3 is 0 Å². The molecule has 0 unspecified atom stereocenters. The number of anilines is 1. The number of carbonyl (C=O) groups excluding carboxylic acids is 3. The Hall–Kier alpha value is -3.02. The molecule has 4 rings (SSSR count). The van der Waals surface area contributed by atoms with E-state index in [1.54, 1.807) is 42.5 Å². The number of nitrogens with one attached hydrogen (secondary N) is 1. The minimum Gasteiger partial charge on any atom is -0.490 e. The zero-order valence-corrected chi connectivity index (χ0v) is 23.4. The fourth-order valence-corrected chi connectivity index (χ4v) is 4.83. The molecule has 0 aliphatic carbocycles. The van der Waals surface area contributed by atoms with Gasteiger partial charge in [-0.05, 0) is 95.4 Å². The lowest BCUT2D eigenvalue weighted by Gasteiger charge is -2.13. The molecule has 1 fully saturated rings. The van der Waals surface area contributed by atoms with Crippen LogP contribution in [-0.2, 0) is 16.2 Å². The van der Waals surface area contributed by atoms with E-state index < -0.39 is 17.1 Å². The van der Waals surface area contributed by atoms with Crippen LogP contribution in [0.4, 0.5) is 10.5 Å². The van der Waals surface area contributed by atoms with Crippen molar-refractivity contribution in [1.82, 2.24) is 4.90 Å². The molecular formula is C27H22ClIN2O5S. The van der Waals surface area contributed by atoms with Gasteiger partial charge in [0.15, 0.2) is 11.5 Å². The highest BCUT2D eigenvalue weighted by molar-refractivity contribution is 14.1. The van der Waals surface area contributed by atoms with Crippen LogP contribution in [0.2, 0.25) is 5.02 Å². The first-order valence-corrected chi connectivity index (χ1v) is 13.5. The van der Waals surface area contributed by atoms with Crippen LogP contribution in [0, 0.1) is 3.57 Å². The topological polar surface area (TPSA) is 84.9 Å². The first-order valence-electron chi connectivity index (χ1n) is 11.3. The molecule has 1 heterocycles. The van der Waals surface area contributed by atoms with Gasteiger partial charge in [0, 0.05) is 19.8 Å². The summed E-state index contributed by atoms with van der Waals surface area (Å²) < 4.78 is 12.7. The van der Waals surface area contributed by atoms with E-state index in [2.05, 4.69) is 27.9 Å². The number of nitrogens with zero attached hydrogens (tertiary/aromatic N) is 1. The van der Waals surface area contributed by atoms with Gasteiger partial charge in [-0.2, -0.15) is 0 Å². The second-order valence-corrected chi connectivity index (χ2v) is 10.5. The number of halogens is 2. The van der Waals surface area contributed by atoms with Gasteiger partial charge in [0.2, 0.25) is 5.91 Å². The molecule has 0 bridgehead atoms. The van der Waals surface area contributed by atoms with Crippen LogP contribution in [-0.4, -0.2) is 35.1 Å². The zero-order valence-electron chi connectivity index (χ0n) is 19.7. The normalized spacial score (nSPS) is 14.2. The van der Waals surface area contributed by atoms with Gasteiger partial charge in [0.05, 0.1) is 11.5 Å². The number of benzene rings is 3. The molecule has 3 amide bonds. The third kappa shape index (κ3) is 7.06. The van der Waals surface area contributed by atoms with Crippen LogP contribution in [0.5, 0.6) is 11.5 Å². The second-order valence-electron chi connectivity index (χ2n) is 7.84. The quantitative estimate of drug-likeness (QED) is 0.208. The van der Waals surface area contributed by atoms with E-state index in [1.807, 2.05) is 37.3 Å². The number of amides is 3. The molecule has 0 radical (unpaired) electrons. The Kier molecular flexibility index (Phi) is 9.12. The van der Waals surface area contributed by atoms with E-state index in [0.29, 0.717) is 34.4 Å². The Bertz CT molecular complexity index is 1360. The molecule has 1 saturated heterocycles. The van der Waals surface area contributed by atoms with Crippen LogP contribution in [0.3, 0.4) is 0 Å². The van der Waals surface area contributed by atoms with Crippen molar-refractivity contribution in [1.29, 1.82) is 0 Å². The molecule has 0 aromatic heterocycles. The van der Waals surface area contributed by atoms with Crippen molar-refractivity contribution >= 4 is 74.8 Å². The summed E-state index contributed by atoms with van der Waals surface area (Å²) in [5.74, 6) is 0.0481. The van der Waals surface area contributed by atoms with Crippen molar-refractivity contribution in [3.63, 3.8) is 0 Å². The predicted octanol–water partition coefficient (Wildman–Crippen LogP) is 6.60. The highest BCUT2D eigenvalue weighted by Crippen LogP contribution is 2.35. The van der Waals surface area contributed by atoms with Crippen LogP contribution in [0.1, 0.15) is 18.1 Å². The minimum atomic E-state index is -0.523. The Morgan fingerprint density at radius 1 is 1.05 bits per heavy atom. The third-order valence-electron chi connectivity index (χ3n) is 5.21. The smallest absolute Gasteiger partial charge is 0.294 e. The number of rotatable bonds is 9. The Morgan fingerprint density at radius 3 is 2.54 bits per heavy atom. The fourth-order valence-electron chi connectivity index (χ4n) is 3.44. The highest BCUT2D eigenvalue weighted by Gasteiger charge is 2.36. The predicted molar refractivity (Wildman–Crippen MR) is 154 cm³/mol. The Balaban J connectivity index is 1.45. The lowest BCUT2D eigenvalue weighted by atomic mass is 10.1. The van der Waals surface area contributed by atoms with Crippen molar-refractivity contribution in [2.24, 2.45) is 0 Å². The molecular weight excluding hydrogens is 627 g/mol. The van der Waals surface area contributed by atoms with E-state index >= 15 is 0 Å². The third-order valence-corrected chi connectivity index (χ3v) is 7.20. The summed E-state index contributed by atoms with van der Waals surface area (Å²) in [5, 5.41) is 2.81. The van der Waals surface area contributed by atoms with Gasteiger partial charge < -0.3 is 14.8 Å². The van der Waals surface area contributed by atoms with Gasteiger partial charge in [0.1, 0.15) is 13.2 Å². The molecule has 1 N–H and O–H groups in total. The SMILES string of the molecule is CCOc1cc(/C=C2\SC(=O)N(CC(=O)Nc3ccc(I)cc3)C2=O)ccc1OCc1ccccc1Cl. The van der Waals surface area contributed by atoms with Crippen LogP contribution in [0.25, 0.3) is 6.08 Å². The lowest BCUT2D eigenvalue weighted by molar-refractivity contribution is -0.127. The van der Waals surface area contributed by atoms with Crippen LogP contribution in [0.15, 0.2) is 71.6 Å². The maximum Gasteiger partial charge on any atom is 0.294 e. The largest absolute Gasteiger partial charge is 0.490 e. The molecule has 0 saturated carbocycles. The second kappa shape index (κ2) is 12.5. The van der Waals surface area contributed by atoms with E-state index in [1.165, 1.54) is 0 Å². The summed E-state index contributed by atoms with van der Waals surface area (Å²) in [6.45, 7) is 2.17. The molecule has 10 heteroatoms. The summed E-state index contributed by atoms with van der Waals surface area (Å²) in [7, 11) is 0. The number of hydrogen-bond donors (Lipinski definition) is 1. The van der Waals surface area contributed by atoms with Gasteiger partial charge in [0.25, 0.3) is 11.1 Å². The number of ether oxygens (including phenoxy) is 2. The van der Waals surface area contributed by atoms with Gasteiger partial charge in [-0.3, -0.25) is 19.3 Å². The van der Waals surface area contributed by atoms with Crippen molar-refractivity contribution in [3.8, 4) is 11.5 Å². The first-order chi connectivity index (χ1) is 17.8. The number of imide groups is 1. The fraction of sp³-hybridized carbons (Fsp3) is 0.148. The summed E-state index contributed by atoms with van der Waals surface area (Å²) in [6, 6.07) is 19.9. The summed E-state index contributed by atoms with van der Waals surface area (Å²) in [4.78, 5) is 38.9. The molecule has 3 aromatic carbocycles. The molecule has 0 atom stereocenters. The zero-order chi connectivity index (χ0) is 26.4. The Morgan fingerprint density at radius 2 is 1.81 bits per heavy atom. The minimum absolute atomic E-state index is 0.222. The average Bonchev–Trinajstić information content (AvgIpc) is 3.13. The molecule has 3 aromatic rings. The standard InChI is InChI=1S/C27H22ClIN2O5S/c1-2-35-23-13-17(7-12-22(23)36-16-18-5-3-4-6-21(18)28)14-24-26(33)31(27(34)37-24)15-25(32)30-20-10-8-19(29)9-11-20/h3-14H,2,15-16H2,1H3,(H,30,32)/b24-14-. The summed E-state index contributed by atoms with van der Waals surface area (Å²) >= 11 is 9.17. The number of carbonyl (C=O) groups is 3. The number of thioether (sulfide) groups is 1. The van der Waals surface area contributed by atoms with Gasteiger partial charge in [-0.25, -0.2) is 0 Å². The maximum absolute atomic E-state index is 12.9. The first kappa shape index (κ1) is 27.0. The summed E-state index contributed by atoms with van der Waals surface area (Å²) in [5.41, 5.74) is 2.09. The molecule has 190 valence electrons. The highest BCUT2D eigenvalue weighted by atomic mass is 127. The molecule has 1 aliphatic heterocycles. The number of hydrogen-bond acceptors (Lipinski definition) is 6. The van der Waals surface area contributed by atoms with Crippen LogP contribution < -0.4 is 14.8 Å². The van der Waals surface area contributed by atoms with E-state index in [-0.39, 0.29) is 18.1 Å². The van der Waals surface area contributed by atoms with Crippen molar-refractivity contribution in [2.45, 2.75) is 13.5 Å². The Labute approximate surface area is 237 Å². The molecule has 37 heavy (non-hydrogen) atoms. The van der Waals surface area contributed by atoms with Crippen molar-refractivity contribution < 1.29 is 23.9 Å². The summed E-state index contributed by atoms with van der Waals surface area (Å²) in [6.07, 6.45) is 1.60. The maximum atomic E-state index is 12.9. The molecule has 7 nitrogen and oxygen atoms in total. The van der Waals surface area contributed by atoms with E-state index in [0.717, 1.165) is 25.8 Å². The average molecular weight is 649 g/mol. The van der Waals surface area contributed by atoms with Gasteiger partial charge in [-0.15, -0.1) is 0 Å². The van der Waals surface area contributed by atoms with Crippen molar-refractivity contribution in [3.05, 3.63) is 91.4 Å². The molecule has 0 spiro atoms. The molecule has 1 aliphatic rings. The van der Waals surface area contributed by atoms with Crippen LogP contribution >= 0.6 is 46.0 Å². The lowest BCUT2D eigenvalue weighted by Crippen LogP contribution is -2.36. The van der Waals surface area contributed by atoms with Crippen molar-refractivity contribution in [2.75, 3.05) is 18.5 Å². The monoisotopic (exact) mass is 648 g/mol. The van der Waals surface area contributed by atoms with E-state index in [9.17, 15) is 14.4 Å². The van der Waals surface area contributed by atoms with E-state index in [4.69, 9.17) is 21.1 Å². The van der Waals surface area contributed by atoms with Gasteiger partial charge in [-0.1, -0.05) is 35.9 Å².